The third-order valence-electron chi connectivity index (χ3n) is 4.17. The van der Waals surface area contributed by atoms with Gasteiger partial charge in [-0.1, -0.05) is 47.0 Å². The van der Waals surface area contributed by atoms with E-state index >= 15 is 0 Å². The van der Waals surface area contributed by atoms with Crippen molar-refractivity contribution in [3.8, 4) is 0 Å². The summed E-state index contributed by atoms with van der Waals surface area (Å²) in [5.74, 6) is 0.190. The summed E-state index contributed by atoms with van der Waals surface area (Å²) in [5.41, 5.74) is 5.30. The van der Waals surface area contributed by atoms with E-state index in [4.69, 9.17) is 5.73 Å². The predicted octanol–water partition coefficient (Wildman–Crippen LogP) is 3.62. The number of nitrogens with two attached hydrogens (primary N) is 1. The Balaban J connectivity index is 5.31. The Morgan fingerprint density at radius 2 is 1.63 bits per heavy atom. The third-order valence-corrected chi connectivity index (χ3v) is 4.17. The topological polar surface area (TPSA) is 55.1 Å². The number of amides is 1. The van der Waals surface area contributed by atoms with Crippen LogP contribution in [0.3, 0.4) is 0 Å². The molecule has 0 saturated heterocycles. The van der Waals surface area contributed by atoms with Crippen molar-refractivity contribution in [3.05, 3.63) is 0 Å². The van der Waals surface area contributed by atoms with Gasteiger partial charge in [0.15, 0.2) is 0 Å². The molecule has 0 aliphatic heterocycles. The van der Waals surface area contributed by atoms with Gasteiger partial charge in [0.1, 0.15) is 5.54 Å². The van der Waals surface area contributed by atoms with E-state index in [1.165, 1.54) is 0 Å². The number of rotatable bonds is 11. The fourth-order valence-electron chi connectivity index (χ4n) is 3.06. The quantitative estimate of drug-likeness (QED) is 0.602. The second-order valence-corrected chi connectivity index (χ2v) is 5.81. The molecule has 3 nitrogen and oxygen atoms in total. The summed E-state index contributed by atoms with van der Waals surface area (Å²) in [6.07, 6.45) is 7.19. The monoisotopic (exact) mass is 270 g/mol. The Kier molecular flexibility index (Phi) is 9.07. The summed E-state index contributed by atoms with van der Waals surface area (Å²) < 4.78 is 0. The molecule has 3 N–H and O–H groups in total. The molecule has 0 aromatic heterocycles. The van der Waals surface area contributed by atoms with Crippen LogP contribution in [0.2, 0.25) is 0 Å². The standard InChI is InChI=1S/C16H34N2O/c1-6-10-14(11-7-2)16(12-8-3,15(17)19)18-13(5)9-4/h13-14,18H,6-12H2,1-5H3,(H2,17,19). The maximum absolute atomic E-state index is 12.2. The first kappa shape index (κ1) is 18.4. The zero-order valence-corrected chi connectivity index (χ0v) is 13.6. The van der Waals surface area contributed by atoms with Crippen LogP contribution in [0.15, 0.2) is 0 Å². The molecule has 0 aromatic carbocycles. The maximum atomic E-state index is 12.2. The first-order valence-corrected chi connectivity index (χ1v) is 8.05. The van der Waals surface area contributed by atoms with Gasteiger partial charge in [-0.25, -0.2) is 0 Å². The van der Waals surface area contributed by atoms with Crippen molar-refractivity contribution >= 4 is 5.91 Å². The highest BCUT2D eigenvalue weighted by atomic mass is 16.1. The Hall–Kier alpha value is -0.570. The molecule has 0 aliphatic carbocycles. The summed E-state index contributed by atoms with van der Waals surface area (Å²) in [6.45, 7) is 10.8. The lowest BCUT2D eigenvalue weighted by molar-refractivity contribution is -0.128. The van der Waals surface area contributed by atoms with E-state index in [1.807, 2.05) is 0 Å². The van der Waals surface area contributed by atoms with E-state index in [0.717, 1.165) is 44.9 Å². The van der Waals surface area contributed by atoms with Crippen molar-refractivity contribution in [3.63, 3.8) is 0 Å². The van der Waals surface area contributed by atoms with Gasteiger partial charge in [0.25, 0.3) is 0 Å². The Bertz CT molecular complexity index is 249. The van der Waals surface area contributed by atoms with E-state index in [2.05, 4.69) is 39.9 Å². The second-order valence-electron chi connectivity index (χ2n) is 5.81. The highest BCUT2D eigenvalue weighted by Gasteiger charge is 2.42. The number of primary amides is 1. The molecule has 1 amide bonds. The van der Waals surface area contributed by atoms with Crippen LogP contribution in [0.5, 0.6) is 0 Å². The Labute approximate surface area is 119 Å². The van der Waals surface area contributed by atoms with Gasteiger partial charge in [0.05, 0.1) is 0 Å². The van der Waals surface area contributed by atoms with Crippen LogP contribution in [0.25, 0.3) is 0 Å². The van der Waals surface area contributed by atoms with Gasteiger partial charge in [0, 0.05) is 6.04 Å². The van der Waals surface area contributed by atoms with Crippen molar-refractivity contribution in [2.75, 3.05) is 0 Å². The molecule has 19 heavy (non-hydrogen) atoms. The highest BCUT2D eigenvalue weighted by molar-refractivity contribution is 5.85. The molecule has 0 aliphatic rings. The fraction of sp³-hybridized carbons (Fsp3) is 0.938. The van der Waals surface area contributed by atoms with Crippen molar-refractivity contribution in [2.24, 2.45) is 11.7 Å². The lowest BCUT2D eigenvalue weighted by Crippen LogP contribution is -2.62. The average molecular weight is 270 g/mol. The SMILES string of the molecule is CCCC(CCC)C(CCC)(NC(C)CC)C(N)=O. The van der Waals surface area contributed by atoms with E-state index < -0.39 is 5.54 Å². The van der Waals surface area contributed by atoms with E-state index in [1.54, 1.807) is 0 Å². The summed E-state index contributed by atoms with van der Waals surface area (Å²) in [5, 5.41) is 3.58. The number of carbonyl (C=O) groups excluding carboxylic acids is 1. The number of nitrogens with one attached hydrogen (secondary N) is 1. The fourth-order valence-corrected chi connectivity index (χ4v) is 3.06. The van der Waals surface area contributed by atoms with Gasteiger partial charge in [0.2, 0.25) is 5.91 Å². The van der Waals surface area contributed by atoms with Crippen LogP contribution in [0, 0.1) is 5.92 Å². The minimum Gasteiger partial charge on any atom is -0.368 e. The van der Waals surface area contributed by atoms with Gasteiger partial charge in [-0.05, 0) is 38.5 Å². The summed E-state index contributed by atoms with van der Waals surface area (Å²) in [6, 6.07) is 0.329. The summed E-state index contributed by atoms with van der Waals surface area (Å²) in [4.78, 5) is 12.2. The minimum atomic E-state index is -0.518. The maximum Gasteiger partial charge on any atom is 0.238 e. The molecule has 3 heteroatoms. The molecule has 0 bridgehead atoms. The van der Waals surface area contributed by atoms with Gasteiger partial charge in [-0.2, -0.15) is 0 Å². The lowest BCUT2D eigenvalue weighted by Gasteiger charge is -2.41. The minimum absolute atomic E-state index is 0.165. The number of hydrogen-bond donors (Lipinski definition) is 2. The Morgan fingerprint density at radius 1 is 1.11 bits per heavy atom. The molecule has 0 spiro atoms. The third kappa shape index (κ3) is 5.13. The molecule has 0 saturated carbocycles. The van der Waals surface area contributed by atoms with Crippen LogP contribution >= 0.6 is 0 Å². The molecule has 2 unspecified atom stereocenters. The molecule has 114 valence electrons. The first-order valence-electron chi connectivity index (χ1n) is 8.05. The second kappa shape index (κ2) is 9.35. The van der Waals surface area contributed by atoms with E-state index in [-0.39, 0.29) is 5.91 Å². The molecule has 2 atom stereocenters. The van der Waals surface area contributed by atoms with Crippen molar-refractivity contribution in [1.82, 2.24) is 5.32 Å². The Morgan fingerprint density at radius 3 is 1.95 bits per heavy atom. The van der Waals surface area contributed by atoms with Gasteiger partial charge in [-0.3, -0.25) is 4.79 Å². The number of hydrogen-bond acceptors (Lipinski definition) is 2. The smallest absolute Gasteiger partial charge is 0.238 e. The zero-order valence-electron chi connectivity index (χ0n) is 13.6. The van der Waals surface area contributed by atoms with Crippen LogP contribution in [0.1, 0.15) is 79.6 Å². The van der Waals surface area contributed by atoms with Crippen molar-refractivity contribution < 1.29 is 4.79 Å². The number of carbonyl (C=O) groups is 1. The highest BCUT2D eigenvalue weighted by Crippen LogP contribution is 2.32. The first-order chi connectivity index (χ1) is 8.98. The van der Waals surface area contributed by atoms with Crippen molar-refractivity contribution in [1.29, 1.82) is 0 Å². The summed E-state index contributed by atoms with van der Waals surface area (Å²) >= 11 is 0. The van der Waals surface area contributed by atoms with Crippen LogP contribution in [-0.2, 0) is 4.79 Å². The molecular weight excluding hydrogens is 236 g/mol. The molecule has 0 radical (unpaired) electrons. The van der Waals surface area contributed by atoms with Crippen LogP contribution in [0.4, 0.5) is 0 Å². The van der Waals surface area contributed by atoms with Crippen LogP contribution < -0.4 is 11.1 Å². The summed E-state index contributed by atoms with van der Waals surface area (Å²) in [7, 11) is 0. The predicted molar refractivity (Wildman–Crippen MR) is 83.0 cm³/mol. The van der Waals surface area contributed by atoms with E-state index in [9.17, 15) is 4.79 Å². The molecule has 0 rings (SSSR count). The molecule has 0 heterocycles. The van der Waals surface area contributed by atoms with Gasteiger partial charge < -0.3 is 11.1 Å². The van der Waals surface area contributed by atoms with Gasteiger partial charge in [-0.15, -0.1) is 0 Å². The molecule has 0 fully saturated rings. The molecule has 0 aromatic rings. The average Bonchev–Trinajstić information content (AvgIpc) is 2.37. The van der Waals surface area contributed by atoms with Gasteiger partial charge >= 0.3 is 0 Å². The molecular formula is C16H34N2O. The normalized spacial score (nSPS) is 16.3. The lowest BCUT2D eigenvalue weighted by atomic mass is 9.74. The van der Waals surface area contributed by atoms with Crippen molar-refractivity contribution in [2.45, 2.75) is 91.1 Å². The zero-order chi connectivity index (χ0) is 14.9. The van der Waals surface area contributed by atoms with Crippen LogP contribution in [-0.4, -0.2) is 17.5 Å². The van der Waals surface area contributed by atoms with E-state index in [0.29, 0.717) is 12.0 Å². The largest absolute Gasteiger partial charge is 0.368 e.